The fourth-order valence-corrected chi connectivity index (χ4v) is 1.52. The first kappa shape index (κ1) is 12.6. The fourth-order valence-electron chi connectivity index (χ4n) is 1.11. The van der Waals surface area contributed by atoms with E-state index in [4.69, 9.17) is 11.2 Å². The Bertz CT molecular complexity index is 412. The molecule has 0 N–H and O–H groups in total. The average molecular weight is 235 g/mol. The van der Waals surface area contributed by atoms with E-state index in [1.165, 1.54) is 11.8 Å². The molecule has 1 aromatic heterocycles. The molecular weight excluding hydrogens is 222 g/mol. The molecule has 0 saturated carbocycles. The monoisotopic (exact) mass is 235 g/mol. The Hall–Kier alpha value is -1.47. The number of nitrogens with zero attached hydrogens (tertiary/aromatic N) is 1. The lowest BCUT2D eigenvalue weighted by Crippen LogP contribution is -2.14. The van der Waals surface area contributed by atoms with Gasteiger partial charge in [-0.15, -0.1) is 24.1 Å². The van der Waals surface area contributed by atoms with Gasteiger partial charge in [0.1, 0.15) is 6.10 Å². The minimum absolute atomic E-state index is 0.261. The van der Waals surface area contributed by atoms with Gasteiger partial charge in [-0.05, 0) is 25.3 Å². The highest BCUT2D eigenvalue weighted by Gasteiger charge is 2.11. The smallest absolute Gasteiger partial charge is 0.338 e. The van der Waals surface area contributed by atoms with Crippen LogP contribution in [0.15, 0.2) is 23.4 Å². The van der Waals surface area contributed by atoms with Gasteiger partial charge in [0.05, 0.1) is 10.6 Å². The number of ether oxygens (including phenoxy) is 1. The second-order valence-corrected chi connectivity index (χ2v) is 4.04. The molecule has 0 aliphatic carbocycles. The van der Waals surface area contributed by atoms with Crippen molar-refractivity contribution in [1.82, 2.24) is 4.98 Å². The molecule has 0 saturated heterocycles. The quantitative estimate of drug-likeness (QED) is 0.456. The molecule has 1 heterocycles. The van der Waals surface area contributed by atoms with Crippen molar-refractivity contribution < 1.29 is 9.53 Å². The van der Waals surface area contributed by atoms with Gasteiger partial charge in [0.2, 0.25) is 0 Å². The maximum atomic E-state index is 11.7. The molecule has 0 spiro atoms. The van der Waals surface area contributed by atoms with Crippen molar-refractivity contribution in [2.24, 2.45) is 0 Å². The lowest BCUT2D eigenvalue weighted by molar-refractivity contribution is 0.0351. The molecule has 4 heteroatoms. The number of pyridine rings is 1. The number of hydrogen-bond donors (Lipinski definition) is 0. The summed E-state index contributed by atoms with van der Waals surface area (Å²) in [6, 6.07) is 3.33. The van der Waals surface area contributed by atoms with Crippen molar-refractivity contribution in [3.63, 3.8) is 0 Å². The van der Waals surface area contributed by atoms with Crippen LogP contribution in [0.4, 0.5) is 0 Å². The van der Waals surface area contributed by atoms with Gasteiger partial charge in [-0.2, -0.15) is 0 Å². The maximum absolute atomic E-state index is 11.7. The van der Waals surface area contributed by atoms with Gasteiger partial charge in [-0.25, -0.2) is 9.78 Å². The summed E-state index contributed by atoms with van der Waals surface area (Å²) in [6.07, 6.45) is 8.79. The molecule has 1 atom stereocenters. The largest absolute Gasteiger partial charge is 0.458 e. The van der Waals surface area contributed by atoms with Gasteiger partial charge < -0.3 is 4.74 Å². The topological polar surface area (TPSA) is 39.2 Å². The molecule has 0 aliphatic rings. The van der Waals surface area contributed by atoms with Crippen LogP contribution in [0.5, 0.6) is 0 Å². The number of carbonyl (C=O) groups is 1. The molecule has 0 fully saturated rings. The van der Waals surface area contributed by atoms with Crippen molar-refractivity contribution in [1.29, 1.82) is 0 Å². The highest BCUT2D eigenvalue weighted by Crippen LogP contribution is 2.14. The van der Waals surface area contributed by atoms with Crippen LogP contribution in [-0.4, -0.2) is 23.3 Å². The van der Waals surface area contributed by atoms with Gasteiger partial charge in [0.25, 0.3) is 0 Å². The summed E-state index contributed by atoms with van der Waals surface area (Å²) in [7, 11) is 0. The second kappa shape index (κ2) is 6.19. The van der Waals surface area contributed by atoms with E-state index in [1.54, 1.807) is 25.3 Å². The Morgan fingerprint density at radius 3 is 3.12 bits per heavy atom. The number of carbonyl (C=O) groups excluding carboxylic acids is 1. The first-order chi connectivity index (χ1) is 7.67. The van der Waals surface area contributed by atoms with E-state index in [-0.39, 0.29) is 12.1 Å². The molecule has 1 aromatic rings. The SMILES string of the molecule is C#CCC(C)OC(=O)c1ccnc(SC)c1. The zero-order valence-corrected chi connectivity index (χ0v) is 10.1. The zero-order valence-electron chi connectivity index (χ0n) is 9.27. The molecule has 16 heavy (non-hydrogen) atoms. The van der Waals surface area contributed by atoms with Gasteiger partial charge >= 0.3 is 5.97 Å². The molecule has 1 rings (SSSR count). The average Bonchev–Trinajstić information content (AvgIpc) is 2.29. The molecule has 84 valence electrons. The van der Waals surface area contributed by atoms with Crippen molar-refractivity contribution in [2.75, 3.05) is 6.26 Å². The van der Waals surface area contributed by atoms with Crippen LogP contribution in [0, 0.1) is 12.3 Å². The third-order valence-electron chi connectivity index (χ3n) is 1.89. The third kappa shape index (κ3) is 3.59. The minimum atomic E-state index is -0.361. The van der Waals surface area contributed by atoms with E-state index >= 15 is 0 Å². The van der Waals surface area contributed by atoms with Crippen molar-refractivity contribution in [3.05, 3.63) is 23.9 Å². The molecule has 0 bridgehead atoms. The summed E-state index contributed by atoms with van der Waals surface area (Å²) in [5, 5.41) is 0.791. The van der Waals surface area contributed by atoms with E-state index in [9.17, 15) is 4.79 Å². The van der Waals surface area contributed by atoms with E-state index in [1.807, 2.05) is 6.26 Å². The summed E-state index contributed by atoms with van der Waals surface area (Å²) in [4.78, 5) is 15.7. The highest BCUT2D eigenvalue weighted by atomic mass is 32.2. The van der Waals surface area contributed by atoms with Crippen LogP contribution in [0.1, 0.15) is 23.7 Å². The lowest BCUT2D eigenvalue weighted by atomic mass is 10.2. The summed E-state index contributed by atoms with van der Waals surface area (Å²) in [5.74, 6) is 2.09. The Kier molecular flexibility index (Phi) is 4.87. The number of thioether (sulfide) groups is 1. The summed E-state index contributed by atoms with van der Waals surface area (Å²) < 4.78 is 5.16. The Balaban J connectivity index is 2.69. The molecule has 0 amide bonds. The first-order valence-corrected chi connectivity index (χ1v) is 6.04. The predicted molar refractivity (Wildman–Crippen MR) is 64.3 cm³/mol. The summed E-state index contributed by atoms with van der Waals surface area (Å²) in [5.41, 5.74) is 0.503. The van der Waals surface area contributed by atoms with Gasteiger partial charge in [-0.3, -0.25) is 0 Å². The van der Waals surface area contributed by atoms with Crippen LogP contribution in [0.3, 0.4) is 0 Å². The number of rotatable bonds is 4. The van der Waals surface area contributed by atoms with Crippen molar-refractivity contribution in [2.45, 2.75) is 24.5 Å². The van der Waals surface area contributed by atoms with Crippen LogP contribution in [-0.2, 0) is 4.74 Å². The number of terminal acetylenes is 1. The van der Waals surface area contributed by atoms with Crippen LogP contribution in [0.2, 0.25) is 0 Å². The molecule has 3 nitrogen and oxygen atoms in total. The van der Waals surface area contributed by atoms with Gasteiger partial charge in [0.15, 0.2) is 0 Å². The zero-order chi connectivity index (χ0) is 12.0. The number of esters is 1. The number of aromatic nitrogens is 1. The summed E-state index contributed by atoms with van der Waals surface area (Å²) >= 11 is 1.48. The standard InChI is InChI=1S/C12H13NO2S/c1-4-5-9(2)15-12(14)10-6-7-13-11(8-10)16-3/h1,6-9H,5H2,2-3H3. The molecular formula is C12H13NO2S. The first-order valence-electron chi connectivity index (χ1n) is 4.82. The number of hydrogen-bond acceptors (Lipinski definition) is 4. The normalized spacial score (nSPS) is 11.6. The van der Waals surface area contributed by atoms with Gasteiger partial charge in [-0.1, -0.05) is 0 Å². The summed E-state index contributed by atoms with van der Waals surface area (Å²) in [6.45, 7) is 1.77. The molecule has 0 aliphatic heterocycles. The Labute approximate surface area is 99.6 Å². The van der Waals surface area contributed by atoms with Crippen LogP contribution < -0.4 is 0 Å². The van der Waals surface area contributed by atoms with Gasteiger partial charge in [0, 0.05) is 12.6 Å². The van der Waals surface area contributed by atoms with E-state index in [2.05, 4.69) is 10.9 Å². The second-order valence-electron chi connectivity index (χ2n) is 3.21. The van der Waals surface area contributed by atoms with E-state index in [0.717, 1.165) is 5.03 Å². The van der Waals surface area contributed by atoms with Crippen molar-refractivity contribution >= 4 is 17.7 Å². The lowest BCUT2D eigenvalue weighted by Gasteiger charge is -2.10. The minimum Gasteiger partial charge on any atom is -0.458 e. The van der Waals surface area contributed by atoms with Crippen LogP contribution >= 0.6 is 11.8 Å². The predicted octanol–water partition coefficient (Wildman–Crippen LogP) is 2.37. The molecule has 0 radical (unpaired) electrons. The fraction of sp³-hybridized carbons (Fsp3) is 0.333. The van der Waals surface area contributed by atoms with Crippen molar-refractivity contribution in [3.8, 4) is 12.3 Å². The third-order valence-corrected chi connectivity index (χ3v) is 2.53. The molecule has 0 aromatic carbocycles. The maximum Gasteiger partial charge on any atom is 0.338 e. The van der Waals surface area contributed by atoms with Crippen LogP contribution in [0.25, 0.3) is 0 Å². The molecule has 1 unspecified atom stereocenters. The highest BCUT2D eigenvalue weighted by molar-refractivity contribution is 7.98. The Morgan fingerprint density at radius 1 is 1.75 bits per heavy atom. The Morgan fingerprint density at radius 2 is 2.50 bits per heavy atom. The van der Waals surface area contributed by atoms with E-state index < -0.39 is 0 Å². The van der Waals surface area contributed by atoms with E-state index in [0.29, 0.717) is 12.0 Å².